The summed E-state index contributed by atoms with van der Waals surface area (Å²) in [5, 5.41) is 2.47. The van der Waals surface area contributed by atoms with E-state index in [4.69, 9.17) is 11.6 Å². The van der Waals surface area contributed by atoms with E-state index in [0.29, 0.717) is 22.0 Å². The Hall–Kier alpha value is -2.11. The Labute approximate surface area is 155 Å². The van der Waals surface area contributed by atoms with Crippen LogP contribution in [0.5, 0.6) is 0 Å². The summed E-state index contributed by atoms with van der Waals surface area (Å²) in [4.78, 5) is 30.5. The Morgan fingerprint density at radius 1 is 1.08 bits per heavy atom. The summed E-state index contributed by atoms with van der Waals surface area (Å²) in [5.74, 6) is -0.524. The van der Waals surface area contributed by atoms with Crippen LogP contribution in [0.1, 0.15) is 23.3 Å². The van der Waals surface area contributed by atoms with Gasteiger partial charge in [-0.2, -0.15) is 0 Å². The third kappa shape index (κ3) is 2.68. The van der Waals surface area contributed by atoms with Crippen LogP contribution in [0.25, 0.3) is 5.57 Å². The number of imide groups is 1. The highest BCUT2D eigenvalue weighted by Gasteiger charge is 2.43. The predicted octanol–water partition coefficient (Wildman–Crippen LogP) is 4.09. The van der Waals surface area contributed by atoms with Gasteiger partial charge in [0.2, 0.25) is 0 Å². The topological polar surface area (TPSA) is 40.6 Å². The van der Waals surface area contributed by atoms with Gasteiger partial charge in [0.05, 0.1) is 11.3 Å². The number of carbonyl (C=O) groups excluding carboxylic acids is 2. The highest BCUT2D eigenvalue weighted by molar-refractivity contribution is 7.11. The molecule has 4 rings (SSSR count). The Bertz CT molecular complexity index is 883. The van der Waals surface area contributed by atoms with Gasteiger partial charge < -0.3 is 4.90 Å². The maximum atomic E-state index is 13.2. The molecule has 128 valence electrons. The van der Waals surface area contributed by atoms with E-state index in [1.807, 2.05) is 35.4 Å². The quantitative estimate of drug-likeness (QED) is 0.762. The smallest absolute Gasteiger partial charge is 0.282 e. The van der Waals surface area contributed by atoms with Crippen LogP contribution in [0.2, 0.25) is 5.02 Å². The number of amides is 2. The monoisotopic (exact) mass is 372 g/mol. The van der Waals surface area contributed by atoms with Crippen molar-refractivity contribution in [3.05, 3.63) is 56.9 Å². The summed E-state index contributed by atoms with van der Waals surface area (Å²) < 4.78 is 0. The van der Waals surface area contributed by atoms with Crippen molar-refractivity contribution >= 4 is 46.0 Å². The zero-order valence-corrected chi connectivity index (χ0v) is 15.4. The minimum atomic E-state index is -0.269. The molecule has 0 atom stereocenters. The summed E-state index contributed by atoms with van der Waals surface area (Å²) in [6, 6.07) is 9.09. The first-order valence-corrected chi connectivity index (χ1v) is 9.51. The molecular formula is C19H17ClN2O2S. The molecule has 2 amide bonds. The molecule has 1 saturated heterocycles. The van der Waals surface area contributed by atoms with E-state index in [1.54, 1.807) is 12.1 Å². The molecule has 0 bridgehead atoms. The number of thiophene rings is 1. The number of anilines is 1. The second-order valence-electron chi connectivity index (χ2n) is 6.27. The number of benzene rings is 1. The minimum Gasteiger partial charge on any atom is -0.366 e. The number of likely N-dealkylation sites (tertiary alicyclic amines) is 1. The Morgan fingerprint density at radius 2 is 1.84 bits per heavy atom. The largest absolute Gasteiger partial charge is 0.366 e. The molecule has 1 aromatic carbocycles. The van der Waals surface area contributed by atoms with Crippen LogP contribution in [0.4, 0.5) is 5.69 Å². The molecule has 6 heteroatoms. The molecular weight excluding hydrogens is 356 g/mol. The highest BCUT2D eigenvalue weighted by Crippen LogP contribution is 2.38. The number of carbonyl (C=O) groups is 2. The molecule has 2 aliphatic heterocycles. The molecule has 1 fully saturated rings. The number of nitrogens with zero attached hydrogens (tertiary/aromatic N) is 2. The van der Waals surface area contributed by atoms with Gasteiger partial charge in [0.15, 0.2) is 0 Å². The molecule has 2 aliphatic rings. The fourth-order valence-corrected chi connectivity index (χ4v) is 4.29. The lowest BCUT2D eigenvalue weighted by molar-refractivity contribution is -0.120. The molecule has 0 radical (unpaired) electrons. The van der Waals surface area contributed by atoms with E-state index < -0.39 is 0 Å². The van der Waals surface area contributed by atoms with Gasteiger partial charge in [-0.25, -0.2) is 4.90 Å². The van der Waals surface area contributed by atoms with Gasteiger partial charge in [-0.1, -0.05) is 23.7 Å². The van der Waals surface area contributed by atoms with Crippen molar-refractivity contribution in [1.82, 2.24) is 4.90 Å². The molecule has 0 spiro atoms. The van der Waals surface area contributed by atoms with Gasteiger partial charge in [0, 0.05) is 23.0 Å². The zero-order chi connectivity index (χ0) is 17.6. The lowest BCUT2D eigenvalue weighted by atomic mass is 10.1. The van der Waals surface area contributed by atoms with Gasteiger partial charge >= 0.3 is 0 Å². The van der Waals surface area contributed by atoms with Gasteiger partial charge in [0.25, 0.3) is 11.8 Å². The number of hydrogen-bond acceptors (Lipinski definition) is 4. The van der Waals surface area contributed by atoms with E-state index in [-0.39, 0.29) is 11.8 Å². The summed E-state index contributed by atoms with van der Waals surface area (Å²) in [6.45, 7) is 3.52. The Balaban J connectivity index is 1.82. The van der Waals surface area contributed by atoms with Crippen LogP contribution >= 0.6 is 22.9 Å². The SMILES string of the molecule is Cc1ccc(N2C(=O)C(c3cccs3)=C(N3CCCC3)C2=O)cc1Cl. The third-order valence-corrected chi connectivity index (χ3v) is 5.96. The third-order valence-electron chi connectivity index (χ3n) is 4.66. The van der Waals surface area contributed by atoms with E-state index in [9.17, 15) is 9.59 Å². The highest BCUT2D eigenvalue weighted by atomic mass is 35.5. The molecule has 0 unspecified atom stereocenters. The van der Waals surface area contributed by atoms with Crippen LogP contribution in [0.15, 0.2) is 41.4 Å². The summed E-state index contributed by atoms with van der Waals surface area (Å²) in [6.07, 6.45) is 2.08. The number of rotatable bonds is 3. The van der Waals surface area contributed by atoms with Crippen molar-refractivity contribution in [2.24, 2.45) is 0 Å². The molecule has 3 heterocycles. The molecule has 4 nitrogen and oxygen atoms in total. The maximum absolute atomic E-state index is 13.2. The maximum Gasteiger partial charge on any atom is 0.282 e. The van der Waals surface area contributed by atoms with E-state index in [1.165, 1.54) is 16.2 Å². The molecule has 2 aromatic rings. The molecule has 0 N–H and O–H groups in total. The normalized spacial score (nSPS) is 18.0. The van der Waals surface area contributed by atoms with E-state index >= 15 is 0 Å². The standard InChI is InChI=1S/C19H17ClN2O2S/c1-12-6-7-13(11-14(12)20)22-18(23)16(15-5-4-10-25-15)17(19(22)24)21-8-2-3-9-21/h4-7,10-11H,2-3,8-9H2,1H3. The first-order chi connectivity index (χ1) is 12.1. The van der Waals surface area contributed by atoms with Crippen molar-refractivity contribution < 1.29 is 9.59 Å². The van der Waals surface area contributed by atoms with Crippen molar-refractivity contribution in [3.8, 4) is 0 Å². The van der Waals surface area contributed by atoms with E-state index in [0.717, 1.165) is 36.4 Å². The predicted molar refractivity (Wildman–Crippen MR) is 101 cm³/mol. The number of aryl methyl sites for hydroxylation is 1. The van der Waals surface area contributed by atoms with Crippen LogP contribution in [0, 0.1) is 6.92 Å². The lowest BCUT2D eigenvalue weighted by Crippen LogP contribution is -2.34. The van der Waals surface area contributed by atoms with Gasteiger partial charge in [0.1, 0.15) is 5.70 Å². The number of hydrogen-bond donors (Lipinski definition) is 0. The van der Waals surface area contributed by atoms with Gasteiger partial charge in [-0.05, 0) is 48.9 Å². The fraction of sp³-hybridized carbons (Fsp3) is 0.263. The van der Waals surface area contributed by atoms with Gasteiger partial charge in [-0.15, -0.1) is 11.3 Å². The van der Waals surface area contributed by atoms with Crippen molar-refractivity contribution in [2.45, 2.75) is 19.8 Å². The van der Waals surface area contributed by atoms with Crippen molar-refractivity contribution in [2.75, 3.05) is 18.0 Å². The molecule has 0 aliphatic carbocycles. The van der Waals surface area contributed by atoms with Crippen molar-refractivity contribution in [3.63, 3.8) is 0 Å². The summed E-state index contributed by atoms with van der Waals surface area (Å²) in [7, 11) is 0. The van der Waals surface area contributed by atoms with Crippen LogP contribution < -0.4 is 4.90 Å². The first-order valence-electron chi connectivity index (χ1n) is 8.26. The lowest BCUT2D eigenvalue weighted by Gasteiger charge is -2.20. The first kappa shape index (κ1) is 16.4. The van der Waals surface area contributed by atoms with E-state index in [2.05, 4.69) is 0 Å². The molecule has 1 aromatic heterocycles. The minimum absolute atomic E-state index is 0.254. The molecule has 0 saturated carbocycles. The zero-order valence-electron chi connectivity index (χ0n) is 13.8. The second-order valence-corrected chi connectivity index (χ2v) is 7.63. The number of halogens is 1. The van der Waals surface area contributed by atoms with Crippen LogP contribution in [-0.4, -0.2) is 29.8 Å². The van der Waals surface area contributed by atoms with Crippen molar-refractivity contribution in [1.29, 1.82) is 0 Å². The molecule has 25 heavy (non-hydrogen) atoms. The Kier molecular flexibility index (Phi) is 4.13. The average molecular weight is 373 g/mol. The van der Waals surface area contributed by atoms with Crippen LogP contribution in [-0.2, 0) is 9.59 Å². The second kappa shape index (κ2) is 6.32. The average Bonchev–Trinajstić information content (AvgIpc) is 3.31. The summed E-state index contributed by atoms with van der Waals surface area (Å²) in [5.41, 5.74) is 2.48. The fourth-order valence-electron chi connectivity index (χ4n) is 3.35. The summed E-state index contributed by atoms with van der Waals surface area (Å²) >= 11 is 7.70. The Morgan fingerprint density at radius 3 is 2.48 bits per heavy atom. The van der Waals surface area contributed by atoms with Gasteiger partial charge in [-0.3, -0.25) is 9.59 Å². The van der Waals surface area contributed by atoms with Crippen LogP contribution in [0.3, 0.4) is 0 Å².